The van der Waals surface area contributed by atoms with E-state index in [0.717, 1.165) is 55.0 Å². The van der Waals surface area contributed by atoms with Gasteiger partial charge in [0.25, 0.3) is 0 Å². The van der Waals surface area contributed by atoms with E-state index in [2.05, 4.69) is 27.7 Å². The van der Waals surface area contributed by atoms with Crippen LogP contribution in [0.15, 0.2) is 0 Å². The van der Waals surface area contributed by atoms with Crippen molar-refractivity contribution in [2.45, 2.75) is 96.7 Å². The quantitative estimate of drug-likeness (QED) is 0.666. The molecule has 10 atom stereocenters. The molecule has 0 aromatic heterocycles. The molecule has 2 heteroatoms. The number of hydrogen-bond donors (Lipinski definition) is 1. The van der Waals surface area contributed by atoms with E-state index in [-0.39, 0.29) is 5.60 Å². The van der Waals surface area contributed by atoms with Crippen molar-refractivity contribution in [3.05, 3.63) is 0 Å². The van der Waals surface area contributed by atoms with Gasteiger partial charge in [-0.1, -0.05) is 20.3 Å². The number of ether oxygens (including phenoxy) is 1. The lowest BCUT2D eigenvalue weighted by atomic mass is 9.47. The molecule has 1 aliphatic heterocycles. The van der Waals surface area contributed by atoms with E-state index in [1.807, 2.05) is 0 Å². The van der Waals surface area contributed by atoms with Gasteiger partial charge in [-0.25, -0.2) is 0 Å². The van der Waals surface area contributed by atoms with Crippen LogP contribution in [0.4, 0.5) is 0 Å². The van der Waals surface area contributed by atoms with Crippen molar-refractivity contribution in [2.75, 3.05) is 6.61 Å². The van der Waals surface area contributed by atoms with Crippen molar-refractivity contribution in [1.82, 2.24) is 0 Å². The molecule has 2 nitrogen and oxygen atoms in total. The lowest BCUT2D eigenvalue weighted by Crippen LogP contribution is -2.53. The Balaban J connectivity index is 1.38. The third-order valence-electron chi connectivity index (χ3n) is 10.5. The Kier molecular flexibility index (Phi) is 3.96. The largest absolute Gasteiger partial charge is 0.390 e. The van der Waals surface area contributed by atoms with E-state index in [9.17, 15) is 5.11 Å². The SMILES string of the molecule is CC[C@H]1C[C@H]2[C@H](CC[C@@H]3[C@@H]2CC[C@]2(C)[C@@H](C4(C)CO4)CC[C@@H]32)C[C@]1(C)O. The molecule has 0 spiro atoms. The summed E-state index contributed by atoms with van der Waals surface area (Å²) < 4.78 is 5.94. The minimum Gasteiger partial charge on any atom is -0.390 e. The Morgan fingerprint density at radius 2 is 1.73 bits per heavy atom. The first-order valence-electron chi connectivity index (χ1n) is 11.6. The Morgan fingerprint density at radius 1 is 0.962 bits per heavy atom. The summed E-state index contributed by atoms with van der Waals surface area (Å²) in [7, 11) is 0. The van der Waals surface area contributed by atoms with E-state index in [0.29, 0.717) is 11.3 Å². The molecule has 1 heterocycles. The summed E-state index contributed by atoms with van der Waals surface area (Å²) in [6.45, 7) is 10.4. The maximum Gasteiger partial charge on any atom is 0.0921 e. The number of aliphatic hydroxyl groups is 1. The highest BCUT2D eigenvalue weighted by Gasteiger charge is 2.64. The second-order valence-electron chi connectivity index (χ2n) is 11.6. The van der Waals surface area contributed by atoms with Crippen LogP contribution in [0.1, 0.15) is 85.5 Å². The van der Waals surface area contributed by atoms with Crippen LogP contribution >= 0.6 is 0 Å². The van der Waals surface area contributed by atoms with Crippen molar-refractivity contribution in [2.24, 2.45) is 46.8 Å². The molecule has 1 unspecified atom stereocenters. The average molecular weight is 361 g/mol. The van der Waals surface area contributed by atoms with Crippen LogP contribution in [-0.2, 0) is 4.74 Å². The monoisotopic (exact) mass is 360 g/mol. The summed E-state index contributed by atoms with van der Waals surface area (Å²) in [5.74, 6) is 5.86. The molecule has 0 bridgehead atoms. The van der Waals surface area contributed by atoms with Crippen LogP contribution in [0.25, 0.3) is 0 Å². The van der Waals surface area contributed by atoms with Crippen molar-refractivity contribution < 1.29 is 9.84 Å². The standard InChI is InChI=1S/C24H40O2/c1-5-16-12-19-15(13-23(16,3)25)6-7-18-17(19)10-11-22(2)20(18)8-9-21(22)24(4)14-26-24/h15-21,25H,5-14H2,1-4H3/t15-,16+,17+,18-,19+,20+,21+,22+,23+,24?/m1/s1. The molecular weight excluding hydrogens is 320 g/mol. The molecule has 1 N–H and O–H groups in total. The third-order valence-corrected chi connectivity index (χ3v) is 10.5. The summed E-state index contributed by atoms with van der Waals surface area (Å²) in [5.41, 5.74) is 0.330. The molecule has 0 aromatic carbocycles. The molecule has 148 valence electrons. The zero-order valence-corrected chi connectivity index (χ0v) is 17.5. The average Bonchev–Trinajstić information content (AvgIpc) is 3.22. The smallest absolute Gasteiger partial charge is 0.0921 e. The number of rotatable bonds is 2. The molecule has 5 fully saturated rings. The van der Waals surface area contributed by atoms with Crippen molar-refractivity contribution in [3.8, 4) is 0 Å². The fraction of sp³-hybridized carbons (Fsp3) is 1.00. The normalized spacial score (nSPS) is 61.5. The topological polar surface area (TPSA) is 32.8 Å². The zero-order chi connectivity index (χ0) is 18.3. The Hall–Kier alpha value is -0.0800. The maximum atomic E-state index is 11.0. The van der Waals surface area contributed by atoms with E-state index < -0.39 is 5.60 Å². The number of epoxide rings is 1. The lowest BCUT2D eigenvalue weighted by molar-refractivity contribution is -0.129. The van der Waals surface area contributed by atoms with E-state index in [1.165, 1.54) is 44.9 Å². The first-order valence-corrected chi connectivity index (χ1v) is 11.6. The van der Waals surface area contributed by atoms with Crippen LogP contribution in [0.2, 0.25) is 0 Å². The Morgan fingerprint density at radius 3 is 2.42 bits per heavy atom. The van der Waals surface area contributed by atoms with Gasteiger partial charge >= 0.3 is 0 Å². The van der Waals surface area contributed by atoms with E-state index >= 15 is 0 Å². The minimum absolute atomic E-state index is 0.213. The molecule has 1 saturated heterocycles. The van der Waals surface area contributed by atoms with Gasteiger partial charge in [-0.15, -0.1) is 0 Å². The lowest BCUT2D eigenvalue weighted by Gasteiger charge is -2.58. The third kappa shape index (κ3) is 2.43. The highest BCUT2D eigenvalue weighted by atomic mass is 16.6. The van der Waals surface area contributed by atoms with Crippen LogP contribution in [0.3, 0.4) is 0 Å². The molecule has 26 heavy (non-hydrogen) atoms. The molecule has 4 aliphatic carbocycles. The summed E-state index contributed by atoms with van der Waals surface area (Å²) in [4.78, 5) is 0. The number of hydrogen-bond acceptors (Lipinski definition) is 2. The van der Waals surface area contributed by atoms with Gasteiger partial charge in [0.15, 0.2) is 0 Å². The molecular formula is C24H40O2. The highest BCUT2D eigenvalue weighted by Crippen LogP contribution is 2.68. The molecule has 5 rings (SSSR count). The van der Waals surface area contributed by atoms with Crippen molar-refractivity contribution in [3.63, 3.8) is 0 Å². The molecule has 0 aromatic rings. The van der Waals surface area contributed by atoms with Gasteiger partial charge in [0.1, 0.15) is 0 Å². The zero-order valence-electron chi connectivity index (χ0n) is 17.5. The highest BCUT2D eigenvalue weighted by molar-refractivity contribution is 5.12. The van der Waals surface area contributed by atoms with Gasteiger partial charge in [-0.2, -0.15) is 0 Å². The van der Waals surface area contributed by atoms with Gasteiger partial charge in [-0.05, 0) is 112 Å². The van der Waals surface area contributed by atoms with Crippen LogP contribution in [0.5, 0.6) is 0 Å². The molecule has 0 amide bonds. The number of fused-ring (bicyclic) bond motifs is 5. The van der Waals surface area contributed by atoms with Gasteiger partial charge in [0.2, 0.25) is 0 Å². The predicted molar refractivity (Wildman–Crippen MR) is 105 cm³/mol. The fourth-order valence-corrected chi connectivity index (χ4v) is 9.06. The van der Waals surface area contributed by atoms with Gasteiger partial charge in [0, 0.05) is 0 Å². The second kappa shape index (κ2) is 5.72. The Bertz CT molecular complexity index is 565. The second-order valence-corrected chi connectivity index (χ2v) is 11.6. The first kappa shape index (κ1) is 18.0. The van der Waals surface area contributed by atoms with Crippen LogP contribution in [-0.4, -0.2) is 22.9 Å². The van der Waals surface area contributed by atoms with Gasteiger partial charge in [0.05, 0.1) is 17.8 Å². The molecule has 0 radical (unpaired) electrons. The van der Waals surface area contributed by atoms with Crippen molar-refractivity contribution in [1.29, 1.82) is 0 Å². The first-order chi connectivity index (χ1) is 12.3. The van der Waals surface area contributed by atoms with E-state index in [1.54, 1.807) is 0 Å². The van der Waals surface area contributed by atoms with E-state index in [4.69, 9.17) is 4.74 Å². The summed E-state index contributed by atoms with van der Waals surface area (Å²) >= 11 is 0. The fourth-order valence-electron chi connectivity index (χ4n) is 9.06. The molecule has 5 aliphatic rings. The van der Waals surface area contributed by atoms with Crippen molar-refractivity contribution >= 4 is 0 Å². The van der Waals surface area contributed by atoms with Gasteiger partial charge < -0.3 is 9.84 Å². The maximum absolute atomic E-state index is 11.0. The predicted octanol–water partition coefficient (Wildman–Crippen LogP) is 5.43. The minimum atomic E-state index is -0.414. The summed E-state index contributed by atoms with van der Waals surface area (Å²) in [5, 5.41) is 11.0. The summed E-state index contributed by atoms with van der Waals surface area (Å²) in [6.07, 6.45) is 12.1. The van der Waals surface area contributed by atoms with Crippen LogP contribution < -0.4 is 0 Å². The Labute approximate surface area is 160 Å². The molecule has 4 saturated carbocycles. The summed E-state index contributed by atoms with van der Waals surface area (Å²) in [6, 6.07) is 0. The van der Waals surface area contributed by atoms with Crippen LogP contribution in [0, 0.1) is 46.8 Å². The van der Waals surface area contributed by atoms with Gasteiger partial charge in [-0.3, -0.25) is 0 Å².